The number of amides is 3. The maximum atomic E-state index is 13.5. The van der Waals surface area contributed by atoms with Gasteiger partial charge in [-0.25, -0.2) is 4.79 Å². The van der Waals surface area contributed by atoms with Gasteiger partial charge < -0.3 is 25.1 Å². The molecule has 3 aromatic carbocycles. The number of furan rings is 1. The number of tetrazole rings is 1. The van der Waals surface area contributed by atoms with Gasteiger partial charge in [0.15, 0.2) is 0 Å². The molecule has 0 saturated carbocycles. The summed E-state index contributed by atoms with van der Waals surface area (Å²) < 4.78 is 12.1. The van der Waals surface area contributed by atoms with Crippen molar-refractivity contribution < 1.29 is 28.3 Å². The molecule has 0 aliphatic carbocycles. The second-order valence-electron chi connectivity index (χ2n) is 10.4. The number of carbonyl (C=O) groups excluding carboxylic acids is 4. The summed E-state index contributed by atoms with van der Waals surface area (Å²) in [7, 11) is 0. The predicted octanol–water partition coefficient (Wildman–Crippen LogP) is 4.18. The van der Waals surface area contributed by atoms with Crippen molar-refractivity contribution >= 4 is 57.6 Å². The van der Waals surface area contributed by atoms with Crippen molar-refractivity contribution in [2.45, 2.75) is 26.3 Å². The average molecular weight is 630 g/mol. The highest BCUT2D eigenvalue weighted by molar-refractivity contribution is 6.40. The Balaban J connectivity index is 1.31. The van der Waals surface area contributed by atoms with Gasteiger partial charge in [-0.3, -0.25) is 14.4 Å². The lowest BCUT2D eigenvalue weighted by Gasteiger charge is -2.19. The molecule has 13 nitrogen and oxygen atoms in total. The van der Waals surface area contributed by atoms with Crippen LogP contribution in [0.4, 0.5) is 11.4 Å². The van der Waals surface area contributed by atoms with E-state index in [4.69, 9.17) is 20.8 Å². The number of nitrogens with one attached hydrogen (secondary N) is 3. The lowest BCUT2D eigenvalue weighted by Crippen LogP contribution is -2.49. The lowest BCUT2D eigenvalue weighted by atomic mass is 10.0. The van der Waals surface area contributed by atoms with Crippen molar-refractivity contribution in [3.63, 3.8) is 0 Å². The topological polar surface area (TPSA) is 170 Å². The van der Waals surface area contributed by atoms with Gasteiger partial charge in [-0.15, -0.1) is 5.10 Å². The molecule has 0 aliphatic heterocycles. The van der Waals surface area contributed by atoms with E-state index in [1.165, 1.54) is 23.1 Å². The molecule has 230 valence electrons. The smallest absolute Gasteiger partial charge is 0.374 e. The third-order valence-electron chi connectivity index (χ3n) is 6.45. The summed E-state index contributed by atoms with van der Waals surface area (Å²) in [4.78, 5) is 51.9. The second-order valence-corrected chi connectivity index (χ2v) is 10.9. The number of nitrogens with zero attached hydrogens (tertiary/aromatic N) is 4. The molecule has 0 bridgehead atoms. The van der Waals surface area contributed by atoms with Gasteiger partial charge in [-0.05, 0) is 64.4 Å². The Bertz CT molecular complexity index is 1840. The zero-order chi connectivity index (χ0) is 31.9. The molecule has 2 aromatic heterocycles. The van der Waals surface area contributed by atoms with Gasteiger partial charge >= 0.3 is 17.8 Å². The van der Waals surface area contributed by atoms with Gasteiger partial charge in [-0.1, -0.05) is 55.8 Å². The van der Waals surface area contributed by atoms with Crippen molar-refractivity contribution in [3.05, 3.63) is 95.5 Å². The second kappa shape index (κ2) is 13.8. The Labute approximate surface area is 261 Å². The van der Waals surface area contributed by atoms with Crippen LogP contribution in [0.15, 0.2) is 83.5 Å². The monoisotopic (exact) mass is 629 g/mol. The van der Waals surface area contributed by atoms with Crippen LogP contribution in [-0.2, 0) is 25.5 Å². The van der Waals surface area contributed by atoms with Gasteiger partial charge in [-0.2, -0.15) is 4.68 Å². The first-order chi connectivity index (χ1) is 21.7. The summed E-state index contributed by atoms with van der Waals surface area (Å²) in [5.74, 6) is -3.04. The van der Waals surface area contributed by atoms with Gasteiger partial charge in [0, 0.05) is 22.5 Å². The summed E-state index contributed by atoms with van der Waals surface area (Å²) in [5, 5.41) is 19.7. The van der Waals surface area contributed by atoms with Crippen LogP contribution in [0.25, 0.3) is 16.7 Å². The normalized spacial score (nSPS) is 11.6. The SMILES string of the molecule is CC(C)COC(=O)c1cc2cc(NC(=O)[C@H](Cc3ccccc3)NC(=O)C(=O)Nc3cc(Cl)ccc3-n3cnnn3)ccc2o1. The fourth-order valence-corrected chi connectivity index (χ4v) is 4.48. The first-order valence-corrected chi connectivity index (χ1v) is 14.2. The van der Waals surface area contributed by atoms with Gasteiger partial charge in [0.2, 0.25) is 11.7 Å². The molecule has 0 fully saturated rings. The van der Waals surface area contributed by atoms with E-state index in [0.29, 0.717) is 27.4 Å². The van der Waals surface area contributed by atoms with E-state index in [9.17, 15) is 19.2 Å². The molecular formula is C31H28ClN7O6. The summed E-state index contributed by atoms with van der Waals surface area (Å²) in [6, 6.07) is 18.9. The average Bonchev–Trinajstić information content (AvgIpc) is 3.70. The number of carbonyl (C=O) groups is 4. The number of esters is 1. The summed E-state index contributed by atoms with van der Waals surface area (Å²) in [5.41, 5.74) is 2.12. The molecule has 5 aromatic rings. The summed E-state index contributed by atoms with van der Waals surface area (Å²) >= 11 is 6.12. The van der Waals surface area contributed by atoms with Crippen LogP contribution in [0.5, 0.6) is 0 Å². The molecule has 0 unspecified atom stereocenters. The predicted molar refractivity (Wildman–Crippen MR) is 165 cm³/mol. The third kappa shape index (κ3) is 7.89. The fourth-order valence-electron chi connectivity index (χ4n) is 4.31. The Kier molecular flexibility index (Phi) is 9.49. The number of anilines is 2. The van der Waals surface area contributed by atoms with Crippen LogP contribution in [-0.4, -0.2) is 56.5 Å². The number of rotatable bonds is 10. The molecule has 0 radical (unpaired) electrons. The van der Waals surface area contributed by atoms with Crippen molar-refractivity contribution in [1.82, 2.24) is 25.5 Å². The van der Waals surface area contributed by atoms with Gasteiger partial charge in [0.25, 0.3) is 0 Å². The number of aromatic nitrogens is 4. The number of hydrogen-bond donors (Lipinski definition) is 3. The highest BCUT2D eigenvalue weighted by Crippen LogP contribution is 2.25. The van der Waals surface area contributed by atoms with Crippen molar-refractivity contribution in [3.8, 4) is 5.69 Å². The molecule has 45 heavy (non-hydrogen) atoms. The minimum absolute atomic E-state index is 0.0392. The van der Waals surface area contributed by atoms with E-state index in [0.717, 1.165) is 5.56 Å². The number of fused-ring (bicyclic) bond motifs is 1. The van der Waals surface area contributed by atoms with E-state index in [-0.39, 0.29) is 30.4 Å². The van der Waals surface area contributed by atoms with Crippen LogP contribution in [0, 0.1) is 5.92 Å². The molecule has 5 rings (SSSR count). The Morgan fingerprint density at radius 1 is 0.956 bits per heavy atom. The van der Waals surface area contributed by atoms with Crippen molar-refractivity contribution in [1.29, 1.82) is 0 Å². The maximum absolute atomic E-state index is 13.5. The summed E-state index contributed by atoms with van der Waals surface area (Å²) in [6.07, 6.45) is 1.41. The van der Waals surface area contributed by atoms with Gasteiger partial charge in [0.05, 0.1) is 18.0 Å². The lowest BCUT2D eigenvalue weighted by molar-refractivity contribution is -0.137. The Hall–Kier alpha value is -5.56. The standard InChI is InChI=1S/C31H28ClN7O6/c1-18(2)16-44-31(43)27-14-20-13-22(9-11-26(20)45-27)34-28(40)24(12-19-6-4-3-5-7-19)36-30(42)29(41)35-23-15-21(32)8-10-25(23)39-17-33-37-38-39/h3-11,13-15,17-18,24H,12,16H2,1-2H3,(H,34,40)(H,35,41)(H,36,42)/t24-/m0/s1. The Morgan fingerprint density at radius 3 is 2.49 bits per heavy atom. The Morgan fingerprint density at radius 2 is 1.76 bits per heavy atom. The van der Waals surface area contributed by atoms with Crippen LogP contribution in [0.3, 0.4) is 0 Å². The van der Waals surface area contributed by atoms with Crippen LogP contribution >= 0.6 is 11.6 Å². The maximum Gasteiger partial charge on any atom is 0.374 e. The molecule has 0 saturated heterocycles. The van der Waals surface area contributed by atoms with E-state index in [1.54, 1.807) is 54.6 Å². The third-order valence-corrected chi connectivity index (χ3v) is 6.68. The molecule has 1 atom stereocenters. The summed E-state index contributed by atoms with van der Waals surface area (Å²) in [6.45, 7) is 4.10. The quantitative estimate of drug-likeness (QED) is 0.151. The molecule has 0 aliphatic rings. The molecule has 14 heteroatoms. The van der Waals surface area contributed by atoms with Crippen LogP contribution < -0.4 is 16.0 Å². The molecule has 3 N–H and O–H groups in total. The van der Waals surface area contributed by atoms with E-state index >= 15 is 0 Å². The first-order valence-electron chi connectivity index (χ1n) is 13.9. The highest BCUT2D eigenvalue weighted by Gasteiger charge is 2.26. The van der Waals surface area contributed by atoms with E-state index in [1.807, 2.05) is 19.9 Å². The first kappa shape index (κ1) is 30.9. The number of hydrogen-bond acceptors (Lipinski definition) is 9. The van der Waals surface area contributed by atoms with E-state index in [2.05, 4.69) is 31.5 Å². The number of halogens is 1. The van der Waals surface area contributed by atoms with E-state index < -0.39 is 29.7 Å². The molecule has 0 spiro atoms. The highest BCUT2D eigenvalue weighted by atomic mass is 35.5. The molecule has 2 heterocycles. The van der Waals surface area contributed by atoms with Crippen molar-refractivity contribution in [2.75, 3.05) is 17.2 Å². The fraction of sp³-hybridized carbons (Fsp3) is 0.194. The minimum atomic E-state index is -1.13. The zero-order valence-electron chi connectivity index (χ0n) is 24.2. The van der Waals surface area contributed by atoms with Crippen molar-refractivity contribution in [2.24, 2.45) is 5.92 Å². The van der Waals surface area contributed by atoms with Crippen LogP contribution in [0.2, 0.25) is 5.02 Å². The molecule has 3 amide bonds. The number of ether oxygens (including phenoxy) is 1. The largest absolute Gasteiger partial charge is 0.460 e. The minimum Gasteiger partial charge on any atom is -0.460 e. The number of benzene rings is 3. The van der Waals surface area contributed by atoms with Crippen LogP contribution in [0.1, 0.15) is 30.0 Å². The molecular weight excluding hydrogens is 602 g/mol. The zero-order valence-corrected chi connectivity index (χ0v) is 24.9. The van der Waals surface area contributed by atoms with Gasteiger partial charge in [0.1, 0.15) is 18.0 Å².